The lowest BCUT2D eigenvalue weighted by Gasteiger charge is -2.39. The second kappa shape index (κ2) is 10.5. The Morgan fingerprint density at radius 3 is 2.50 bits per heavy atom. The van der Waals surface area contributed by atoms with Crippen LogP contribution in [0.4, 0.5) is 16.2 Å². The standard InChI is InChI=1S/C25H34N4O3/c1-6-32-24-22(12-11-18(4)26-24)27-25(31)29(20-13-15-28(16-14-20)19(5)30)23-10-8-7-9-21(23)17(2)3/h7-12,17,20H,6,13-16H2,1-5H3,(H,27,31). The Hall–Kier alpha value is -3.09. The number of likely N-dealkylation sites (tertiary alicyclic amines) is 1. The Kier molecular flexibility index (Phi) is 7.72. The maximum Gasteiger partial charge on any atom is 0.326 e. The van der Waals surface area contributed by atoms with Gasteiger partial charge in [0.2, 0.25) is 11.8 Å². The molecule has 7 heteroatoms. The van der Waals surface area contributed by atoms with Crippen molar-refractivity contribution in [1.82, 2.24) is 9.88 Å². The number of nitrogens with zero attached hydrogens (tertiary/aromatic N) is 3. The number of urea groups is 1. The lowest BCUT2D eigenvalue weighted by Crippen LogP contribution is -2.50. The smallest absolute Gasteiger partial charge is 0.326 e. The summed E-state index contributed by atoms with van der Waals surface area (Å²) in [5.41, 5.74) is 3.39. The number of ether oxygens (including phenoxy) is 1. The second-order valence-electron chi connectivity index (χ2n) is 8.49. The van der Waals surface area contributed by atoms with E-state index in [1.165, 1.54) is 0 Å². The van der Waals surface area contributed by atoms with E-state index in [0.717, 1.165) is 29.8 Å². The first kappa shape index (κ1) is 23.6. The van der Waals surface area contributed by atoms with E-state index in [1.807, 2.05) is 54.0 Å². The van der Waals surface area contributed by atoms with Crippen LogP contribution in [-0.2, 0) is 4.79 Å². The van der Waals surface area contributed by atoms with E-state index in [9.17, 15) is 9.59 Å². The van der Waals surface area contributed by atoms with Crippen LogP contribution >= 0.6 is 0 Å². The fourth-order valence-electron chi connectivity index (χ4n) is 4.16. The number of carbonyl (C=O) groups is 2. The summed E-state index contributed by atoms with van der Waals surface area (Å²) in [6, 6.07) is 11.5. The van der Waals surface area contributed by atoms with Gasteiger partial charge >= 0.3 is 6.03 Å². The van der Waals surface area contributed by atoms with Crippen LogP contribution in [0.25, 0.3) is 0 Å². The minimum atomic E-state index is -0.217. The molecule has 0 bridgehead atoms. The van der Waals surface area contributed by atoms with E-state index < -0.39 is 0 Å². The summed E-state index contributed by atoms with van der Waals surface area (Å²) in [7, 11) is 0. The number of para-hydroxylation sites is 1. The number of rotatable bonds is 6. The maximum atomic E-state index is 13.7. The Labute approximate surface area is 190 Å². The molecule has 0 saturated carbocycles. The minimum Gasteiger partial charge on any atom is -0.476 e. The number of aromatic nitrogens is 1. The van der Waals surface area contributed by atoms with Gasteiger partial charge < -0.3 is 15.0 Å². The third kappa shape index (κ3) is 5.39. The van der Waals surface area contributed by atoms with Gasteiger partial charge in [0, 0.05) is 37.4 Å². The predicted octanol–water partition coefficient (Wildman–Crippen LogP) is 4.96. The molecule has 3 rings (SSSR count). The van der Waals surface area contributed by atoms with Gasteiger partial charge in [-0.3, -0.25) is 9.69 Å². The summed E-state index contributed by atoms with van der Waals surface area (Å²) in [6.45, 7) is 11.4. The molecule has 1 aromatic carbocycles. The van der Waals surface area contributed by atoms with Crippen LogP contribution in [0.5, 0.6) is 5.88 Å². The van der Waals surface area contributed by atoms with Gasteiger partial charge in [0.25, 0.3) is 0 Å². The fourth-order valence-corrected chi connectivity index (χ4v) is 4.16. The van der Waals surface area contributed by atoms with Gasteiger partial charge in [-0.1, -0.05) is 32.0 Å². The van der Waals surface area contributed by atoms with Gasteiger partial charge in [0.15, 0.2) is 0 Å². The number of benzene rings is 1. The quantitative estimate of drug-likeness (QED) is 0.692. The zero-order valence-corrected chi connectivity index (χ0v) is 19.7. The zero-order chi connectivity index (χ0) is 23.3. The van der Waals surface area contributed by atoms with Gasteiger partial charge in [-0.2, -0.15) is 0 Å². The molecule has 2 aromatic rings. The third-order valence-corrected chi connectivity index (χ3v) is 5.83. The summed E-state index contributed by atoms with van der Waals surface area (Å²) in [5.74, 6) is 0.761. The maximum absolute atomic E-state index is 13.7. The van der Waals surface area contributed by atoms with Crippen molar-refractivity contribution < 1.29 is 14.3 Å². The van der Waals surface area contributed by atoms with Crippen molar-refractivity contribution >= 4 is 23.3 Å². The van der Waals surface area contributed by atoms with Crippen molar-refractivity contribution in [2.24, 2.45) is 0 Å². The topological polar surface area (TPSA) is 74.8 Å². The average Bonchev–Trinajstić information content (AvgIpc) is 2.76. The van der Waals surface area contributed by atoms with E-state index >= 15 is 0 Å². The van der Waals surface area contributed by atoms with Crippen LogP contribution in [-0.4, -0.2) is 47.6 Å². The summed E-state index contributed by atoms with van der Waals surface area (Å²) in [5, 5.41) is 3.04. The van der Waals surface area contributed by atoms with E-state index in [2.05, 4.69) is 30.2 Å². The molecule has 0 unspecified atom stereocenters. The van der Waals surface area contributed by atoms with Crippen LogP contribution in [0, 0.1) is 6.92 Å². The molecule has 1 N–H and O–H groups in total. The second-order valence-corrected chi connectivity index (χ2v) is 8.49. The first-order chi connectivity index (χ1) is 15.3. The highest BCUT2D eigenvalue weighted by molar-refractivity contribution is 6.03. The molecule has 7 nitrogen and oxygen atoms in total. The lowest BCUT2D eigenvalue weighted by molar-refractivity contribution is -0.129. The van der Waals surface area contributed by atoms with Crippen molar-refractivity contribution in [2.75, 3.05) is 29.9 Å². The van der Waals surface area contributed by atoms with Crippen molar-refractivity contribution in [3.05, 3.63) is 47.7 Å². The van der Waals surface area contributed by atoms with E-state index in [-0.39, 0.29) is 23.9 Å². The van der Waals surface area contributed by atoms with Gasteiger partial charge in [-0.25, -0.2) is 9.78 Å². The van der Waals surface area contributed by atoms with Crippen LogP contribution in [0.2, 0.25) is 0 Å². The molecule has 0 radical (unpaired) electrons. The third-order valence-electron chi connectivity index (χ3n) is 5.83. The van der Waals surface area contributed by atoms with E-state index in [0.29, 0.717) is 31.3 Å². The number of amides is 3. The Morgan fingerprint density at radius 1 is 1.19 bits per heavy atom. The fraction of sp³-hybridized carbons (Fsp3) is 0.480. The molecular formula is C25H34N4O3. The number of aryl methyl sites for hydroxylation is 1. The molecule has 0 atom stereocenters. The normalized spacial score (nSPS) is 14.4. The molecular weight excluding hydrogens is 404 g/mol. The summed E-state index contributed by atoms with van der Waals surface area (Å²) >= 11 is 0. The van der Waals surface area contributed by atoms with Crippen molar-refractivity contribution in [2.45, 2.75) is 59.4 Å². The van der Waals surface area contributed by atoms with Crippen LogP contribution in [0.3, 0.4) is 0 Å². The van der Waals surface area contributed by atoms with Gasteiger partial charge in [0.1, 0.15) is 5.69 Å². The first-order valence-electron chi connectivity index (χ1n) is 11.4. The minimum absolute atomic E-state index is 0.0144. The Morgan fingerprint density at radius 2 is 1.88 bits per heavy atom. The lowest BCUT2D eigenvalue weighted by atomic mass is 9.97. The van der Waals surface area contributed by atoms with Gasteiger partial charge in [0.05, 0.1) is 6.61 Å². The van der Waals surface area contributed by atoms with Crippen LogP contribution < -0.4 is 15.0 Å². The number of pyridine rings is 1. The molecule has 0 aliphatic carbocycles. The van der Waals surface area contributed by atoms with Crippen LogP contribution in [0.15, 0.2) is 36.4 Å². The van der Waals surface area contributed by atoms with Crippen LogP contribution in [0.1, 0.15) is 57.7 Å². The molecule has 0 spiro atoms. The molecule has 1 aliphatic heterocycles. The monoisotopic (exact) mass is 438 g/mol. The number of anilines is 2. The molecule has 1 saturated heterocycles. The summed E-state index contributed by atoms with van der Waals surface area (Å²) < 4.78 is 5.66. The molecule has 1 fully saturated rings. The van der Waals surface area contributed by atoms with Gasteiger partial charge in [-0.15, -0.1) is 0 Å². The highest BCUT2D eigenvalue weighted by Gasteiger charge is 2.32. The molecule has 1 aromatic heterocycles. The number of piperidine rings is 1. The molecule has 3 amide bonds. The summed E-state index contributed by atoms with van der Waals surface area (Å²) in [4.78, 5) is 33.6. The van der Waals surface area contributed by atoms with E-state index in [4.69, 9.17) is 4.74 Å². The number of hydrogen-bond donors (Lipinski definition) is 1. The molecule has 172 valence electrons. The predicted molar refractivity (Wildman–Crippen MR) is 127 cm³/mol. The Balaban J connectivity index is 1.95. The molecule has 32 heavy (non-hydrogen) atoms. The van der Waals surface area contributed by atoms with E-state index in [1.54, 1.807) is 6.92 Å². The highest BCUT2D eigenvalue weighted by Crippen LogP contribution is 2.33. The number of hydrogen-bond acceptors (Lipinski definition) is 4. The number of nitrogens with one attached hydrogen (secondary N) is 1. The molecule has 1 aliphatic rings. The van der Waals surface area contributed by atoms with Gasteiger partial charge in [-0.05, 0) is 56.4 Å². The molecule has 2 heterocycles. The highest BCUT2D eigenvalue weighted by atomic mass is 16.5. The van der Waals surface area contributed by atoms with Crippen molar-refractivity contribution in [1.29, 1.82) is 0 Å². The zero-order valence-electron chi connectivity index (χ0n) is 19.7. The summed E-state index contributed by atoms with van der Waals surface area (Å²) in [6.07, 6.45) is 1.45. The van der Waals surface area contributed by atoms with Crippen molar-refractivity contribution in [3.63, 3.8) is 0 Å². The Bertz CT molecular complexity index is 952. The van der Waals surface area contributed by atoms with Crippen molar-refractivity contribution in [3.8, 4) is 5.88 Å². The SMILES string of the molecule is CCOc1nc(C)ccc1NC(=O)N(c1ccccc1C(C)C)C1CCN(C(C)=O)CC1. The largest absolute Gasteiger partial charge is 0.476 e. The number of carbonyl (C=O) groups excluding carboxylic acids is 2. The average molecular weight is 439 g/mol. The first-order valence-corrected chi connectivity index (χ1v) is 11.4.